The van der Waals surface area contributed by atoms with Gasteiger partial charge in [-0.25, -0.2) is 4.39 Å². The third kappa shape index (κ3) is 5.41. The fourth-order valence-corrected chi connectivity index (χ4v) is 4.68. The minimum Gasteiger partial charge on any atom is -0.371 e. The van der Waals surface area contributed by atoms with E-state index < -0.39 is 6.04 Å². The van der Waals surface area contributed by atoms with Gasteiger partial charge >= 0.3 is 0 Å². The average Bonchev–Trinajstić information content (AvgIpc) is 2.79. The second kappa shape index (κ2) is 10.1. The molecule has 1 heterocycles. The molecule has 0 bridgehead atoms. The smallest absolute Gasteiger partial charge is 0.251 e. The summed E-state index contributed by atoms with van der Waals surface area (Å²) in [5.41, 5.74) is 3.64. The standard InChI is InChI=1S/C24H21ClFN3O2S/c25-19-11-18(26)8-6-17(19)13-32-14-22-24(31)29-21-10-16(7-9-20(21)28-22)23(30)27-12-15-4-2-1-3-5-15/h1-11,22,28H,12-14H2,(H,27,30)(H,29,31). The summed E-state index contributed by atoms with van der Waals surface area (Å²) >= 11 is 7.59. The molecule has 3 aromatic carbocycles. The van der Waals surface area contributed by atoms with E-state index in [0.29, 0.717) is 34.3 Å². The zero-order chi connectivity index (χ0) is 22.5. The Morgan fingerprint density at radius 1 is 1.06 bits per heavy atom. The number of anilines is 2. The molecule has 3 N–H and O–H groups in total. The van der Waals surface area contributed by atoms with Crippen molar-refractivity contribution in [3.05, 3.63) is 94.3 Å². The van der Waals surface area contributed by atoms with Crippen LogP contribution < -0.4 is 16.0 Å². The van der Waals surface area contributed by atoms with Crippen molar-refractivity contribution in [3.8, 4) is 0 Å². The minimum atomic E-state index is -0.426. The van der Waals surface area contributed by atoms with Crippen LogP contribution in [0.3, 0.4) is 0 Å². The number of fused-ring (bicyclic) bond motifs is 1. The van der Waals surface area contributed by atoms with Gasteiger partial charge in [0.15, 0.2) is 0 Å². The van der Waals surface area contributed by atoms with Crippen LogP contribution in [0.25, 0.3) is 0 Å². The molecule has 1 unspecified atom stereocenters. The Morgan fingerprint density at radius 3 is 2.66 bits per heavy atom. The largest absolute Gasteiger partial charge is 0.371 e. The van der Waals surface area contributed by atoms with E-state index in [2.05, 4.69) is 16.0 Å². The van der Waals surface area contributed by atoms with E-state index in [-0.39, 0.29) is 17.6 Å². The molecular formula is C24H21ClFN3O2S. The van der Waals surface area contributed by atoms with Crippen LogP contribution in [0.15, 0.2) is 66.7 Å². The molecule has 32 heavy (non-hydrogen) atoms. The Kier molecular flexibility index (Phi) is 6.97. The third-order valence-corrected chi connectivity index (χ3v) is 6.47. The first-order valence-corrected chi connectivity index (χ1v) is 11.6. The van der Waals surface area contributed by atoms with Crippen LogP contribution in [0.2, 0.25) is 5.02 Å². The maximum atomic E-state index is 13.2. The SMILES string of the molecule is O=C(NCc1ccccc1)c1ccc2c(c1)NC(=O)C(CSCc1ccc(F)cc1Cl)N2. The lowest BCUT2D eigenvalue weighted by molar-refractivity contribution is -0.116. The van der Waals surface area contributed by atoms with Crippen molar-refractivity contribution < 1.29 is 14.0 Å². The molecule has 164 valence electrons. The van der Waals surface area contributed by atoms with Crippen LogP contribution in [-0.2, 0) is 17.1 Å². The van der Waals surface area contributed by atoms with Gasteiger partial charge in [0.1, 0.15) is 11.9 Å². The van der Waals surface area contributed by atoms with E-state index in [1.54, 1.807) is 24.3 Å². The van der Waals surface area contributed by atoms with Gasteiger partial charge in [0.05, 0.1) is 11.4 Å². The number of nitrogens with one attached hydrogen (secondary N) is 3. The predicted octanol–water partition coefficient (Wildman–Crippen LogP) is 5.08. The molecule has 2 amide bonds. The van der Waals surface area contributed by atoms with Crippen LogP contribution in [0.5, 0.6) is 0 Å². The predicted molar refractivity (Wildman–Crippen MR) is 128 cm³/mol. The maximum Gasteiger partial charge on any atom is 0.251 e. The molecule has 0 aromatic heterocycles. The summed E-state index contributed by atoms with van der Waals surface area (Å²) < 4.78 is 13.2. The molecule has 8 heteroatoms. The number of hydrogen-bond acceptors (Lipinski definition) is 4. The van der Waals surface area contributed by atoms with E-state index in [1.165, 1.54) is 23.9 Å². The van der Waals surface area contributed by atoms with Gasteiger partial charge in [-0.2, -0.15) is 11.8 Å². The lowest BCUT2D eigenvalue weighted by Crippen LogP contribution is -2.40. The van der Waals surface area contributed by atoms with Crippen molar-refractivity contribution >= 4 is 46.6 Å². The van der Waals surface area contributed by atoms with Gasteiger partial charge < -0.3 is 16.0 Å². The number of amides is 2. The van der Waals surface area contributed by atoms with Gasteiger partial charge in [-0.3, -0.25) is 9.59 Å². The highest BCUT2D eigenvalue weighted by Crippen LogP contribution is 2.30. The van der Waals surface area contributed by atoms with Gasteiger partial charge in [0.2, 0.25) is 5.91 Å². The van der Waals surface area contributed by atoms with E-state index in [0.717, 1.165) is 16.8 Å². The molecule has 1 atom stereocenters. The lowest BCUT2D eigenvalue weighted by atomic mass is 10.1. The highest BCUT2D eigenvalue weighted by molar-refractivity contribution is 7.98. The zero-order valence-corrected chi connectivity index (χ0v) is 18.6. The summed E-state index contributed by atoms with van der Waals surface area (Å²) in [4.78, 5) is 25.0. The minimum absolute atomic E-state index is 0.169. The highest BCUT2D eigenvalue weighted by atomic mass is 35.5. The summed E-state index contributed by atoms with van der Waals surface area (Å²) in [5.74, 6) is 0.328. The number of halogens is 2. The van der Waals surface area contributed by atoms with Crippen LogP contribution in [-0.4, -0.2) is 23.6 Å². The molecule has 1 aliphatic heterocycles. The maximum absolute atomic E-state index is 13.2. The number of rotatable bonds is 7. The molecule has 0 spiro atoms. The number of thioether (sulfide) groups is 1. The normalized spacial score (nSPS) is 14.8. The Bertz CT molecular complexity index is 1140. The lowest BCUT2D eigenvalue weighted by Gasteiger charge is -2.27. The molecule has 0 radical (unpaired) electrons. The first kappa shape index (κ1) is 22.2. The summed E-state index contributed by atoms with van der Waals surface area (Å²) in [7, 11) is 0. The average molecular weight is 470 g/mol. The Morgan fingerprint density at radius 2 is 1.88 bits per heavy atom. The fraction of sp³-hybridized carbons (Fsp3) is 0.167. The molecule has 5 nitrogen and oxygen atoms in total. The van der Waals surface area contributed by atoms with Crippen molar-refractivity contribution in [2.24, 2.45) is 0 Å². The van der Waals surface area contributed by atoms with E-state index in [4.69, 9.17) is 11.6 Å². The van der Waals surface area contributed by atoms with Crippen molar-refractivity contribution in [1.29, 1.82) is 0 Å². The quantitative estimate of drug-likeness (QED) is 0.451. The molecule has 0 fully saturated rings. The Balaban J connectivity index is 1.34. The highest BCUT2D eigenvalue weighted by Gasteiger charge is 2.26. The monoisotopic (exact) mass is 469 g/mol. The first-order valence-electron chi connectivity index (χ1n) is 10.0. The van der Waals surface area contributed by atoms with Gasteiger partial charge in [-0.05, 0) is 41.5 Å². The zero-order valence-electron chi connectivity index (χ0n) is 17.0. The Hall–Kier alpha value is -3.03. The molecule has 1 aliphatic rings. The second-order valence-corrected chi connectivity index (χ2v) is 8.80. The molecule has 0 saturated carbocycles. The number of benzene rings is 3. The second-order valence-electron chi connectivity index (χ2n) is 7.37. The van der Waals surface area contributed by atoms with Crippen molar-refractivity contribution in [2.75, 3.05) is 16.4 Å². The van der Waals surface area contributed by atoms with Gasteiger partial charge in [0.25, 0.3) is 5.91 Å². The van der Waals surface area contributed by atoms with Crippen molar-refractivity contribution in [2.45, 2.75) is 18.3 Å². The van der Waals surface area contributed by atoms with Crippen molar-refractivity contribution in [3.63, 3.8) is 0 Å². The van der Waals surface area contributed by atoms with Crippen LogP contribution in [0.4, 0.5) is 15.8 Å². The molecular weight excluding hydrogens is 449 g/mol. The summed E-state index contributed by atoms with van der Waals surface area (Å²) in [6.45, 7) is 0.429. The summed E-state index contributed by atoms with van der Waals surface area (Å²) in [6.07, 6.45) is 0. The number of hydrogen-bond donors (Lipinski definition) is 3. The van der Waals surface area contributed by atoms with E-state index in [1.807, 2.05) is 30.3 Å². The van der Waals surface area contributed by atoms with Gasteiger partial charge in [-0.1, -0.05) is 48.0 Å². The summed E-state index contributed by atoms with van der Waals surface area (Å²) in [5, 5.41) is 9.36. The Labute approximate surface area is 194 Å². The van der Waals surface area contributed by atoms with Crippen LogP contribution >= 0.6 is 23.4 Å². The van der Waals surface area contributed by atoms with Gasteiger partial charge in [0, 0.05) is 28.6 Å². The molecule has 0 aliphatic carbocycles. The third-order valence-electron chi connectivity index (χ3n) is 5.04. The number of carbonyl (C=O) groups is 2. The number of carbonyl (C=O) groups excluding carboxylic acids is 2. The van der Waals surface area contributed by atoms with E-state index >= 15 is 0 Å². The van der Waals surface area contributed by atoms with Crippen LogP contribution in [0, 0.1) is 5.82 Å². The summed E-state index contributed by atoms with van der Waals surface area (Å²) in [6, 6.07) is 18.7. The van der Waals surface area contributed by atoms with E-state index in [9.17, 15) is 14.0 Å². The van der Waals surface area contributed by atoms with Gasteiger partial charge in [-0.15, -0.1) is 0 Å². The first-order chi connectivity index (χ1) is 15.5. The topological polar surface area (TPSA) is 70.2 Å². The van der Waals surface area contributed by atoms with Crippen molar-refractivity contribution in [1.82, 2.24) is 5.32 Å². The molecule has 4 rings (SSSR count). The fourth-order valence-electron chi connectivity index (χ4n) is 3.31. The molecule has 0 saturated heterocycles. The molecule has 3 aromatic rings. The van der Waals surface area contributed by atoms with Crippen LogP contribution in [0.1, 0.15) is 21.5 Å².